The van der Waals surface area contributed by atoms with Gasteiger partial charge in [0, 0.05) is 27.3 Å². The number of nitrogen functional groups attached to an aromatic ring is 1. The lowest BCUT2D eigenvalue weighted by atomic mass is 10.1. The molecule has 0 spiro atoms. The van der Waals surface area contributed by atoms with Crippen LogP contribution < -0.4 is 11.1 Å². The minimum Gasteiger partial charge on any atom is -0.399 e. The summed E-state index contributed by atoms with van der Waals surface area (Å²) in [5, 5.41) is 3.38. The number of benzene rings is 2. The Bertz CT molecular complexity index is 638. The molecule has 104 valence electrons. The van der Waals surface area contributed by atoms with Crippen molar-refractivity contribution in [3.05, 3.63) is 62.6 Å². The van der Waals surface area contributed by atoms with Gasteiger partial charge in [-0.25, -0.2) is 0 Å². The predicted molar refractivity (Wildman–Crippen MR) is 85.9 cm³/mol. The monoisotopic (exact) mass is 352 g/mol. The third-order valence-electron chi connectivity index (χ3n) is 3.05. The van der Waals surface area contributed by atoms with Crippen LogP contribution in [0.4, 0.5) is 5.69 Å². The fourth-order valence-electron chi connectivity index (χ4n) is 1.86. The van der Waals surface area contributed by atoms with Gasteiger partial charge in [0.25, 0.3) is 5.91 Å². The van der Waals surface area contributed by atoms with Gasteiger partial charge in [0.05, 0.1) is 0 Å². The number of anilines is 1. The number of carbonyl (C=O) groups excluding carboxylic acids is 1. The molecule has 5 heteroatoms. The summed E-state index contributed by atoms with van der Waals surface area (Å²) in [4.78, 5) is 12.1. The van der Waals surface area contributed by atoms with Crippen molar-refractivity contribution in [3.8, 4) is 0 Å². The molecule has 2 aromatic rings. The van der Waals surface area contributed by atoms with Crippen molar-refractivity contribution in [2.75, 3.05) is 5.73 Å². The minimum atomic E-state index is -0.171. The highest BCUT2D eigenvalue weighted by Crippen LogP contribution is 2.20. The van der Waals surface area contributed by atoms with Gasteiger partial charge in [0.15, 0.2) is 0 Å². The third kappa shape index (κ3) is 3.52. The number of hydrogen-bond acceptors (Lipinski definition) is 2. The molecule has 0 aliphatic rings. The average Bonchev–Trinajstić information content (AvgIpc) is 2.39. The molecule has 0 aliphatic heterocycles. The Morgan fingerprint density at radius 1 is 1.35 bits per heavy atom. The quantitative estimate of drug-likeness (QED) is 0.822. The first-order chi connectivity index (χ1) is 9.47. The summed E-state index contributed by atoms with van der Waals surface area (Å²) in [5.74, 6) is -0.171. The van der Waals surface area contributed by atoms with Crippen molar-refractivity contribution in [2.24, 2.45) is 0 Å². The molecule has 0 aromatic heterocycles. The number of nitrogens with one attached hydrogen (secondary N) is 1. The number of nitrogens with two attached hydrogens (primary N) is 1. The molecule has 0 radical (unpaired) electrons. The van der Waals surface area contributed by atoms with Crippen LogP contribution in [0.3, 0.4) is 0 Å². The van der Waals surface area contributed by atoms with Gasteiger partial charge >= 0.3 is 0 Å². The van der Waals surface area contributed by atoms with E-state index in [4.69, 9.17) is 17.3 Å². The Balaban J connectivity index is 2.10. The number of halogens is 2. The maximum Gasteiger partial charge on any atom is 0.251 e. The molecule has 0 bridgehead atoms. The van der Waals surface area contributed by atoms with Gasteiger partial charge < -0.3 is 11.1 Å². The lowest BCUT2D eigenvalue weighted by molar-refractivity contribution is 0.0951. The fourth-order valence-corrected chi connectivity index (χ4v) is 2.72. The van der Waals surface area contributed by atoms with E-state index in [-0.39, 0.29) is 5.91 Å². The van der Waals surface area contributed by atoms with Gasteiger partial charge in [-0.3, -0.25) is 4.79 Å². The molecule has 3 N–H and O–H groups in total. The van der Waals surface area contributed by atoms with E-state index in [0.717, 1.165) is 21.3 Å². The SMILES string of the molecule is Cc1c(N)cccc1CNC(=O)c1cc(Cl)cc(Br)c1. The molecule has 0 fully saturated rings. The van der Waals surface area contributed by atoms with E-state index in [2.05, 4.69) is 21.2 Å². The summed E-state index contributed by atoms with van der Waals surface area (Å²) in [6.45, 7) is 2.37. The molecule has 3 nitrogen and oxygen atoms in total. The highest BCUT2D eigenvalue weighted by molar-refractivity contribution is 9.10. The van der Waals surface area contributed by atoms with Crippen LogP contribution in [-0.2, 0) is 6.54 Å². The lowest BCUT2D eigenvalue weighted by Crippen LogP contribution is -2.23. The van der Waals surface area contributed by atoms with Crippen molar-refractivity contribution in [3.63, 3.8) is 0 Å². The van der Waals surface area contributed by atoms with Crippen molar-refractivity contribution < 1.29 is 4.79 Å². The topological polar surface area (TPSA) is 55.1 Å². The minimum absolute atomic E-state index is 0.171. The van der Waals surface area contributed by atoms with Crippen molar-refractivity contribution in [1.29, 1.82) is 0 Å². The van der Waals surface area contributed by atoms with Crippen LogP contribution in [0.15, 0.2) is 40.9 Å². The molecular weight excluding hydrogens is 340 g/mol. The van der Waals surface area contributed by atoms with E-state index in [0.29, 0.717) is 17.1 Å². The molecule has 0 atom stereocenters. The highest BCUT2D eigenvalue weighted by atomic mass is 79.9. The van der Waals surface area contributed by atoms with E-state index in [1.807, 2.05) is 25.1 Å². The van der Waals surface area contributed by atoms with E-state index >= 15 is 0 Å². The van der Waals surface area contributed by atoms with Crippen LogP contribution >= 0.6 is 27.5 Å². The Labute approximate surface area is 131 Å². The Morgan fingerprint density at radius 2 is 2.10 bits per heavy atom. The number of hydrogen-bond donors (Lipinski definition) is 2. The Kier molecular flexibility index (Phi) is 4.68. The maximum atomic E-state index is 12.1. The molecule has 0 saturated heterocycles. The zero-order valence-corrected chi connectivity index (χ0v) is 13.3. The van der Waals surface area contributed by atoms with Gasteiger partial charge in [0.2, 0.25) is 0 Å². The molecule has 1 amide bonds. The van der Waals surface area contributed by atoms with Gasteiger partial charge in [-0.1, -0.05) is 39.7 Å². The highest BCUT2D eigenvalue weighted by Gasteiger charge is 2.08. The Hall–Kier alpha value is -1.52. The molecule has 0 saturated carbocycles. The molecule has 20 heavy (non-hydrogen) atoms. The summed E-state index contributed by atoms with van der Waals surface area (Å²) in [6.07, 6.45) is 0. The number of carbonyl (C=O) groups is 1. The normalized spacial score (nSPS) is 10.3. The average molecular weight is 354 g/mol. The molecule has 0 heterocycles. The van der Waals surface area contributed by atoms with E-state index in [1.165, 1.54) is 0 Å². The first-order valence-corrected chi connectivity index (χ1v) is 7.22. The second-order valence-corrected chi connectivity index (χ2v) is 5.82. The zero-order valence-electron chi connectivity index (χ0n) is 10.9. The molecule has 2 rings (SSSR count). The third-order valence-corrected chi connectivity index (χ3v) is 3.73. The Morgan fingerprint density at radius 3 is 2.80 bits per heavy atom. The lowest BCUT2D eigenvalue weighted by Gasteiger charge is -2.10. The zero-order chi connectivity index (χ0) is 14.7. The molecule has 0 aliphatic carbocycles. The summed E-state index contributed by atoms with van der Waals surface area (Å²) in [5.41, 5.74) is 9.07. The van der Waals surface area contributed by atoms with Crippen molar-refractivity contribution in [1.82, 2.24) is 5.32 Å². The summed E-state index contributed by atoms with van der Waals surface area (Å²) >= 11 is 9.25. The summed E-state index contributed by atoms with van der Waals surface area (Å²) in [7, 11) is 0. The predicted octanol–water partition coefficient (Wildman–Crippen LogP) is 3.92. The first kappa shape index (κ1) is 14.9. The molecular formula is C15H14BrClN2O. The largest absolute Gasteiger partial charge is 0.399 e. The number of amides is 1. The van der Waals surface area contributed by atoms with Crippen molar-refractivity contribution in [2.45, 2.75) is 13.5 Å². The van der Waals surface area contributed by atoms with Crippen LogP contribution in [0.1, 0.15) is 21.5 Å². The van der Waals surface area contributed by atoms with Crippen LogP contribution in [0.2, 0.25) is 5.02 Å². The second kappa shape index (κ2) is 6.29. The molecule has 2 aromatic carbocycles. The summed E-state index contributed by atoms with van der Waals surface area (Å²) in [6, 6.07) is 10.8. The van der Waals surface area contributed by atoms with E-state index < -0.39 is 0 Å². The van der Waals surface area contributed by atoms with Gasteiger partial charge in [-0.2, -0.15) is 0 Å². The van der Waals surface area contributed by atoms with Gasteiger partial charge in [-0.05, 0) is 42.3 Å². The van der Waals surface area contributed by atoms with Crippen LogP contribution in [-0.4, -0.2) is 5.91 Å². The van der Waals surface area contributed by atoms with E-state index in [1.54, 1.807) is 18.2 Å². The van der Waals surface area contributed by atoms with Gasteiger partial charge in [-0.15, -0.1) is 0 Å². The van der Waals surface area contributed by atoms with Crippen molar-refractivity contribution >= 4 is 39.1 Å². The van der Waals surface area contributed by atoms with E-state index in [9.17, 15) is 4.79 Å². The van der Waals surface area contributed by atoms with Crippen LogP contribution in [0.5, 0.6) is 0 Å². The smallest absolute Gasteiger partial charge is 0.251 e. The van der Waals surface area contributed by atoms with Crippen LogP contribution in [0.25, 0.3) is 0 Å². The standard InChI is InChI=1S/C15H14BrClN2O/c1-9-10(3-2-4-14(9)18)8-19-15(20)11-5-12(16)7-13(17)6-11/h2-7H,8,18H2,1H3,(H,19,20). The fraction of sp³-hybridized carbons (Fsp3) is 0.133. The maximum absolute atomic E-state index is 12.1. The second-order valence-electron chi connectivity index (χ2n) is 4.47. The summed E-state index contributed by atoms with van der Waals surface area (Å²) < 4.78 is 0.773. The first-order valence-electron chi connectivity index (χ1n) is 6.05. The molecule has 0 unspecified atom stereocenters. The van der Waals surface area contributed by atoms with Crippen LogP contribution in [0, 0.1) is 6.92 Å². The number of rotatable bonds is 3. The van der Waals surface area contributed by atoms with Gasteiger partial charge in [0.1, 0.15) is 0 Å².